The van der Waals surface area contributed by atoms with Crippen LogP contribution >= 0.6 is 12.4 Å². The molecule has 8 nitrogen and oxygen atoms in total. The summed E-state index contributed by atoms with van der Waals surface area (Å²) in [5, 5.41) is 15.2. The van der Waals surface area contributed by atoms with Gasteiger partial charge in [0.2, 0.25) is 0 Å². The Morgan fingerprint density at radius 1 is 1.19 bits per heavy atom. The fraction of sp³-hybridized carbons (Fsp3) is 0.333. The highest BCUT2D eigenvalue weighted by Gasteiger charge is 2.22. The van der Waals surface area contributed by atoms with E-state index in [4.69, 9.17) is 5.73 Å². The van der Waals surface area contributed by atoms with Gasteiger partial charge < -0.3 is 11.1 Å². The summed E-state index contributed by atoms with van der Waals surface area (Å²) in [4.78, 5) is 12.5. The number of carbonyl (C=O) groups excluding carboxylic acids is 1. The molecule has 0 spiro atoms. The Morgan fingerprint density at radius 3 is 2.74 bits per heavy atom. The zero-order valence-electron chi connectivity index (χ0n) is 14.7. The molecule has 1 fully saturated rings. The number of rotatable bonds is 4. The maximum absolute atomic E-state index is 12.5. The fourth-order valence-corrected chi connectivity index (χ4v) is 3.27. The van der Waals surface area contributed by atoms with Crippen LogP contribution in [0.1, 0.15) is 42.2 Å². The van der Waals surface area contributed by atoms with Crippen LogP contribution in [0.4, 0.5) is 5.69 Å². The lowest BCUT2D eigenvalue weighted by Crippen LogP contribution is -2.28. The Morgan fingerprint density at radius 2 is 2.00 bits per heavy atom. The summed E-state index contributed by atoms with van der Waals surface area (Å²) in [5.41, 5.74) is 7.81. The molecular formula is C18H22ClN7O. The topological polar surface area (TPSA) is 104 Å². The largest absolute Gasteiger partial charge is 0.328 e. The number of hydrogen-bond acceptors (Lipinski definition) is 5. The van der Waals surface area contributed by atoms with Crippen molar-refractivity contribution in [3.05, 3.63) is 54.6 Å². The minimum atomic E-state index is -0.277. The van der Waals surface area contributed by atoms with E-state index in [0.29, 0.717) is 11.4 Å². The molecule has 0 saturated heterocycles. The van der Waals surface area contributed by atoms with Crippen LogP contribution in [-0.2, 0) is 0 Å². The van der Waals surface area contributed by atoms with Crippen molar-refractivity contribution < 1.29 is 4.79 Å². The molecule has 3 aromatic rings. The lowest BCUT2D eigenvalue weighted by atomic mass is 9.92. The van der Waals surface area contributed by atoms with Crippen LogP contribution in [0.15, 0.2) is 48.9 Å². The smallest absolute Gasteiger partial charge is 0.277 e. The first-order chi connectivity index (χ1) is 12.7. The molecule has 3 N–H and O–H groups in total. The fourth-order valence-electron chi connectivity index (χ4n) is 3.27. The van der Waals surface area contributed by atoms with Crippen molar-refractivity contribution >= 4 is 24.0 Å². The van der Waals surface area contributed by atoms with Gasteiger partial charge in [-0.1, -0.05) is 11.3 Å². The summed E-state index contributed by atoms with van der Waals surface area (Å²) in [6.07, 6.45) is 9.17. The molecule has 1 saturated carbocycles. The Labute approximate surface area is 163 Å². The van der Waals surface area contributed by atoms with Gasteiger partial charge in [-0.05, 0) is 49.9 Å². The third-order valence-electron chi connectivity index (χ3n) is 4.73. The van der Waals surface area contributed by atoms with E-state index in [1.165, 1.54) is 0 Å². The van der Waals surface area contributed by atoms with E-state index < -0.39 is 0 Å². The van der Waals surface area contributed by atoms with Gasteiger partial charge >= 0.3 is 0 Å². The van der Waals surface area contributed by atoms with Gasteiger partial charge in [0.05, 0.1) is 17.9 Å². The molecule has 1 aliphatic rings. The van der Waals surface area contributed by atoms with Gasteiger partial charge in [-0.2, -0.15) is 5.10 Å². The Balaban J connectivity index is 0.00000210. The van der Waals surface area contributed by atoms with Gasteiger partial charge in [0.1, 0.15) is 0 Å². The summed E-state index contributed by atoms with van der Waals surface area (Å²) in [6.45, 7) is 0. The first-order valence-electron chi connectivity index (χ1n) is 8.78. The number of amides is 1. The van der Waals surface area contributed by atoms with Crippen molar-refractivity contribution in [2.24, 2.45) is 5.73 Å². The van der Waals surface area contributed by atoms with Crippen molar-refractivity contribution in [1.82, 2.24) is 24.8 Å². The Kier molecular flexibility index (Phi) is 5.88. The molecule has 4 rings (SSSR count). The molecule has 1 aromatic carbocycles. The highest BCUT2D eigenvalue weighted by atomic mass is 35.5. The number of hydrogen-bond donors (Lipinski definition) is 2. The number of nitrogens with zero attached hydrogens (tertiary/aromatic N) is 5. The van der Waals surface area contributed by atoms with Crippen LogP contribution in [0.5, 0.6) is 0 Å². The maximum Gasteiger partial charge on any atom is 0.277 e. The molecule has 1 aliphatic carbocycles. The van der Waals surface area contributed by atoms with E-state index in [-0.39, 0.29) is 30.4 Å². The van der Waals surface area contributed by atoms with E-state index in [1.54, 1.807) is 21.8 Å². The summed E-state index contributed by atoms with van der Waals surface area (Å²) in [6, 6.07) is 9.88. The van der Waals surface area contributed by atoms with Crippen molar-refractivity contribution in [2.75, 3.05) is 5.32 Å². The lowest BCUT2D eigenvalue weighted by Gasteiger charge is -2.25. The standard InChI is InChI=1S/C18H21N7O.ClH/c19-13-5-7-15(8-6-13)25-12-17(22-23-25)18(26)21-14-3-1-4-16(11-14)24-10-2-9-20-24;/h1-4,9-13,15H,5-8,19H2,(H,21,26);1H. The number of anilines is 1. The zero-order valence-corrected chi connectivity index (χ0v) is 15.5. The summed E-state index contributed by atoms with van der Waals surface area (Å²) in [5.74, 6) is -0.277. The number of benzene rings is 1. The molecule has 2 heterocycles. The Hall–Kier alpha value is -2.71. The minimum Gasteiger partial charge on any atom is -0.328 e. The molecule has 0 radical (unpaired) electrons. The van der Waals surface area contributed by atoms with Crippen LogP contribution < -0.4 is 11.1 Å². The third-order valence-corrected chi connectivity index (χ3v) is 4.73. The van der Waals surface area contributed by atoms with Gasteiger partial charge in [-0.15, -0.1) is 17.5 Å². The SMILES string of the molecule is Cl.NC1CCC(n2cc(C(=O)Nc3cccc(-n4cccn4)c3)nn2)CC1. The van der Waals surface area contributed by atoms with E-state index in [1.807, 2.05) is 36.5 Å². The van der Waals surface area contributed by atoms with Gasteiger partial charge in [0.25, 0.3) is 5.91 Å². The summed E-state index contributed by atoms with van der Waals surface area (Å²) >= 11 is 0. The first-order valence-corrected chi connectivity index (χ1v) is 8.78. The normalized spacial score (nSPS) is 19.3. The zero-order chi connectivity index (χ0) is 17.9. The summed E-state index contributed by atoms with van der Waals surface area (Å²) in [7, 11) is 0. The van der Waals surface area contributed by atoms with Crippen LogP contribution in [0.2, 0.25) is 0 Å². The van der Waals surface area contributed by atoms with Gasteiger partial charge in [-0.25, -0.2) is 9.36 Å². The van der Waals surface area contributed by atoms with Crippen molar-refractivity contribution in [2.45, 2.75) is 37.8 Å². The van der Waals surface area contributed by atoms with Crippen molar-refractivity contribution in [1.29, 1.82) is 0 Å². The van der Waals surface area contributed by atoms with Gasteiger partial charge in [0.15, 0.2) is 5.69 Å². The second kappa shape index (κ2) is 8.32. The van der Waals surface area contributed by atoms with Crippen LogP contribution in [-0.4, -0.2) is 36.7 Å². The molecule has 27 heavy (non-hydrogen) atoms. The molecule has 2 aromatic heterocycles. The quantitative estimate of drug-likeness (QED) is 0.716. The van der Waals surface area contributed by atoms with E-state index in [2.05, 4.69) is 20.7 Å². The van der Waals surface area contributed by atoms with E-state index in [9.17, 15) is 4.79 Å². The molecule has 0 aliphatic heterocycles. The predicted molar refractivity (Wildman–Crippen MR) is 104 cm³/mol. The average molecular weight is 388 g/mol. The second-order valence-electron chi connectivity index (χ2n) is 6.61. The van der Waals surface area contributed by atoms with Crippen LogP contribution in [0.3, 0.4) is 0 Å². The molecule has 0 unspecified atom stereocenters. The number of halogens is 1. The highest BCUT2D eigenvalue weighted by molar-refractivity contribution is 6.02. The summed E-state index contributed by atoms with van der Waals surface area (Å²) < 4.78 is 3.53. The molecule has 0 atom stereocenters. The maximum atomic E-state index is 12.5. The third kappa shape index (κ3) is 4.35. The van der Waals surface area contributed by atoms with E-state index in [0.717, 1.165) is 31.4 Å². The second-order valence-corrected chi connectivity index (χ2v) is 6.61. The van der Waals surface area contributed by atoms with Crippen molar-refractivity contribution in [3.8, 4) is 5.69 Å². The van der Waals surface area contributed by atoms with Gasteiger partial charge in [0, 0.05) is 24.1 Å². The number of nitrogens with two attached hydrogens (primary N) is 1. The van der Waals surface area contributed by atoms with Crippen LogP contribution in [0, 0.1) is 0 Å². The minimum absolute atomic E-state index is 0. The average Bonchev–Trinajstić information content (AvgIpc) is 3.35. The molecule has 1 amide bonds. The van der Waals surface area contributed by atoms with Gasteiger partial charge in [-0.3, -0.25) is 4.79 Å². The molecular weight excluding hydrogens is 366 g/mol. The van der Waals surface area contributed by atoms with Crippen LogP contribution in [0.25, 0.3) is 5.69 Å². The monoisotopic (exact) mass is 387 g/mol. The Bertz CT molecular complexity index is 885. The number of nitrogens with one attached hydrogen (secondary N) is 1. The first kappa shape index (κ1) is 19.1. The van der Waals surface area contributed by atoms with E-state index >= 15 is 0 Å². The highest BCUT2D eigenvalue weighted by Crippen LogP contribution is 2.26. The van der Waals surface area contributed by atoms with Crippen molar-refractivity contribution in [3.63, 3.8) is 0 Å². The number of carbonyl (C=O) groups is 1. The molecule has 0 bridgehead atoms. The number of aromatic nitrogens is 5. The predicted octanol–water partition coefficient (Wildman–Crippen LogP) is 2.58. The molecule has 9 heteroatoms. The lowest BCUT2D eigenvalue weighted by molar-refractivity contribution is 0.102. The molecule has 142 valence electrons.